The van der Waals surface area contributed by atoms with E-state index in [2.05, 4.69) is 6.58 Å². The SMILES string of the molecule is C=CC(C)([C@H](C)[C@@H](CC(CC(C[C@H](CC(C)/C(=C/C)[C@@H](C)S(=O)(=O)O)[C@@H](C)C(C)S(=O)(=O)O)c1ccc(S(=O)(=O)O)cc1)c1ccc(S(=O)(=O)O)cc1)C[C@@H](C)[C@@H](C)C(C)S(=O)(=O)O)S(=O)(=O)O. The standard InChI is InChI=1S/C44H70O18S6/c1-12-43(34(10)65(51,52)53)28(4)23-37(30(6)33(9)64(48,49)50)24-39(35-14-18-41(19-15-35)66(54,55)56)26-40(36-16-20-42(21-17-36)67(57,58)59)25-38(31(7)44(11,13-2)68(60,61)62)22-27(3)29(5)32(8)63(45,46)47/h12-21,27-34,37-40H,2,22-26H2,1,3-11H3,(H,45,46,47)(H,48,49,50)(H,51,52,53)(H,54,55,56)(H,57,58,59)(H,60,61,62)/b43-12-/t27-,28?,29-,30+,31-,32?,33?,34-,37+,38-,39?,40?,44?/m1/s1. The zero-order chi connectivity index (χ0) is 52.9. The molecule has 13 atom stereocenters. The molecule has 2 rings (SSSR count). The Labute approximate surface area is 405 Å². The second-order valence-electron chi connectivity index (χ2n) is 18.8. The van der Waals surface area contributed by atoms with Crippen molar-refractivity contribution >= 4 is 60.7 Å². The Hall–Kier alpha value is -2.62. The Morgan fingerprint density at radius 3 is 1.25 bits per heavy atom. The second-order valence-corrected chi connectivity index (χ2v) is 28.8. The molecule has 0 heterocycles. The van der Waals surface area contributed by atoms with Gasteiger partial charge in [0, 0.05) is 0 Å². The molecule has 24 heteroatoms. The quantitative estimate of drug-likeness (QED) is 0.0364. The molecule has 0 saturated carbocycles. The minimum absolute atomic E-state index is 0.0227. The lowest BCUT2D eigenvalue weighted by Crippen LogP contribution is -2.44. The molecule has 18 nitrogen and oxygen atoms in total. The number of hydrogen-bond donors (Lipinski definition) is 6. The van der Waals surface area contributed by atoms with Gasteiger partial charge in [0.15, 0.2) is 0 Å². The van der Waals surface area contributed by atoms with Crippen LogP contribution in [-0.2, 0) is 60.7 Å². The molecule has 0 spiro atoms. The van der Waals surface area contributed by atoms with Gasteiger partial charge in [0.1, 0.15) is 10.00 Å². The summed E-state index contributed by atoms with van der Waals surface area (Å²) in [5, 5.41) is -3.99. The highest BCUT2D eigenvalue weighted by Crippen LogP contribution is 2.47. The van der Waals surface area contributed by atoms with Gasteiger partial charge in [-0.15, -0.1) is 6.58 Å². The first-order valence-corrected chi connectivity index (χ1v) is 30.8. The van der Waals surface area contributed by atoms with Crippen LogP contribution in [-0.4, -0.2) is 98.3 Å². The lowest BCUT2D eigenvalue weighted by molar-refractivity contribution is 0.191. The van der Waals surface area contributed by atoms with Crippen molar-refractivity contribution in [3.63, 3.8) is 0 Å². The third kappa shape index (κ3) is 16.2. The van der Waals surface area contributed by atoms with Crippen molar-refractivity contribution < 1.29 is 77.8 Å². The maximum absolute atomic E-state index is 13.1. The molecule has 0 bridgehead atoms. The normalized spacial score (nSPS) is 20.0. The predicted octanol–water partition coefficient (Wildman–Crippen LogP) is 8.02. The van der Waals surface area contributed by atoms with E-state index < -0.39 is 144 Å². The van der Waals surface area contributed by atoms with E-state index in [4.69, 9.17) is 0 Å². The summed E-state index contributed by atoms with van der Waals surface area (Å²) >= 11 is 0. The second kappa shape index (κ2) is 23.3. The van der Waals surface area contributed by atoms with E-state index in [1.54, 1.807) is 41.5 Å². The summed E-state index contributed by atoms with van der Waals surface area (Å²) in [5.74, 6) is -6.67. The smallest absolute Gasteiger partial charge is 0.285 e. The first-order valence-electron chi connectivity index (χ1n) is 21.9. The lowest BCUT2D eigenvalue weighted by Gasteiger charge is -2.40. The fourth-order valence-corrected chi connectivity index (χ4v) is 13.5. The third-order valence-corrected chi connectivity index (χ3v) is 22.1. The lowest BCUT2D eigenvalue weighted by atomic mass is 9.68. The molecule has 390 valence electrons. The minimum atomic E-state index is -4.89. The molecule has 0 aliphatic carbocycles. The summed E-state index contributed by atoms with van der Waals surface area (Å²) in [7, 11) is -28.1. The van der Waals surface area contributed by atoms with Crippen LogP contribution in [0.1, 0.15) is 124 Å². The molecule has 68 heavy (non-hydrogen) atoms. The van der Waals surface area contributed by atoms with Crippen LogP contribution >= 0.6 is 0 Å². The van der Waals surface area contributed by atoms with Crippen molar-refractivity contribution in [1.82, 2.24) is 0 Å². The van der Waals surface area contributed by atoms with Gasteiger partial charge in [0.2, 0.25) is 0 Å². The summed E-state index contributed by atoms with van der Waals surface area (Å²) in [5.41, 5.74) is 1.19. The highest BCUT2D eigenvalue weighted by atomic mass is 32.2. The number of rotatable bonds is 27. The minimum Gasteiger partial charge on any atom is -0.285 e. The zero-order valence-corrected chi connectivity index (χ0v) is 44.9. The Balaban J connectivity index is 3.11. The van der Waals surface area contributed by atoms with Crippen LogP contribution in [0.5, 0.6) is 0 Å². The molecule has 0 saturated heterocycles. The van der Waals surface area contributed by atoms with Crippen LogP contribution in [0.2, 0.25) is 0 Å². The molecule has 6 N–H and O–H groups in total. The van der Waals surface area contributed by atoms with Crippen molar-refractivity contribution in [3.05, 3.63) is 84.0 Å². The molecule has 0 fully saturated rings. The topological polar surface area (TPSA) is 326 Å². The highest BCUT2D eigenvalue weighted by molar-refractivity contribution is 7.88. The number of benzene rings is 2. The Kier molecular flexibility index (Phi) is 21.1. The van der Waals surface area contributed by atoms with Gasteiger partial charge in [-0.3, -0.25) is 27.3 Å². The maximum atomic E-state index is 13.1. The van der Waals surface area contributed by atoms with E-state index >= 15 is 0 Å². The van der Waals surface area contributed by atoms with Gasteiger partial charge in [-0.05, 0) is 155 Å². The highest BCUT2D eigenvalue weighted by Gasteiger charge is 2.46. The molecule has 0 aliphatic heterocycles. The molecule has 6 unspecified atom stereocenters. The molecule has 0 aliphatic rings. The van der Waals surface area contributed by atoms with Crippen LogP contribution in [0.4, 0.5) is 0 Å². The molecule has 2 aromatic carbocycles. The van der Waals surface area contributed by atoms with Crippen LogP contribution in [0.15, 0.2) is 82.6 Å². The van der Waals surface area contributed by atoms with Crippen molar-refractivity contribution in [1.29, 1.82) is 0 Å². The summed E-state index contributed by atoms with van der Waals surface area (Å²) in [6, 6.07) is 10.3. The summed E-state index contributed by atoms with van der Waals surface area (Å²) in [6.07, 6.45) is 2.89. The maximum Gasteiger partial charge on any atom is 0.294 e. The average Bonchev–Trinajstić information content (AvgIpc) is 3.21. The first kappa shape index (κ1) is 61.5. The van der Waals surface area contributed by atoms with E-state index in [0.29, 0.717) is 16.7 Å². The van der Waals surface area contributed by atoms with Gasteiger partial charge in [-0.25, -0.2) is 0 Å². The molecular formula is C44H70O18S6. The summed E-state index contributed by atoms with van der Waals surface area (Å²) in [6.45, 7) is 18.6. The van der Waals surface area contributed by atoms with E-state index in [0.717, 1.165) is 30.3 Å². The average molecular weight is 1080 g/mol. The van der Waals surface area contributed by atoms with Gasteiger partial charge in [-0.1, -0.05) is 76.6 Å². The molecule has 0 aromatic heterocycles. The molecule has 2 aromatic rings. The van der Waals surface area contributed by atoms with Crippen molar-refractivity contribution in [2.24, 2.45) is 41.4 Å². The van der Waals surface area contributed by atoms with Crippen LogP contribution < -0.4 is 0 Å². The predicted molar refractivity (Wildman–Crippen MR) is 261 cm³/mol. The monoisotopic (exact) mass is 1080 g/mol. The van der Waals surface area contributed by atoms with Crippen molar-refractivity contribution in [3.8, 4) is 0 Å². The van der Waals surface area contributed by atoms with Crippen LogP contribution in [0.25, 0.3) is 0 Å². The van der Waals surface area contributed by atoms with Crippen molar-refractivity contribution in [2.75, 3.05) is 0 Å². The van der Waals surface area contributed by atoms with Gasteiger partial charge >= 0.3 is 0 Å². The molecule has 0 radical (unpaired) electrons. The summed E-state index contributed by atoms with van der Waals surface area (Å²) in [4.78, 5) is -0.923. The fourth-order valence-electron chi connectivity index (χ4n) is 9.42. The largest absolute Gasteiger partial charge is 0.294 e. The van der Waals surface area contributed by atoms with E-state index in [1.165, 1.54) is 58.0 Å². The Morgan fingerprint density at radius 1 is 0.544 bits per heavy atom. The van der Waals surface area contributed by atoms with Gasteiger partial charge in [0.25, 0.3) is 60.7 Å². The van der Waals surface area contributed by atoms with Gasteiger partial charge in [-0.2, -0.15) is 50.5 Å². The first-order chi connectivity index (χ1) is 30.6. The van der Waals surface area contributed by atoms with Crippen LogP contribution in [0.3, 0.4) is 0 Å². The fraction of sp³-hybridized carbons (Fsp3) is 0.636. The number of hydrogen-bond acceptors (Lipinski definition) is 12. The van der Waals surface area contributed by atoms with E-state index in [9.17, 15) is 77.8 Å². The van der Waals surface area contributed by atoms with Crippen molar-refractivity contribution in [2.45, 2.75) is 143 Å². The molecule has 0 amide bonds. The summed E-state index contributed by atoms with van der Waals surface area (Å²) < 4.78 is 208. The van der Waals surface area contributed by atoms with Crippen LogP contribution in [0, 0.1) is 41.4 Å². The van der Waals surface area contributed by atoms with E-state index in [-0.39, 0.29) is 32.1 Å². The molecular weight excluding hydrogens is 1010 g/mol. The Morgan fingerprint density at radius 2 is 0.926 bits per heavy atom. The van der Waals surface area contributed by atoms with E-state index in [1.807, 2.05) is 0 Å². The zero-order valence-electron chi connectivity index (χ0n) is 40.0. The Bertz CT molecular complexity index is 2760. The van der Waals surface area contributed by atoms with Gasteiger partial charge < -0.3 is 0 Å². The third-order valence-electron chi connectivity index (χ3n) is 14.8. The van der Waals surface area contributed by atoms with Gasteiger partial charge in [0.05, 0.1) is 20.3 Å². The number of allylic oxidation sites excluding steroid dienone is 1.